The van der Waals surface area contributed by atoms with E-state index in [1.54, 1.807) is 0 Å². The van der Waals surface area contributed by atoms with Gasteiger partial charge in [-0.05, 0) is 49.8 Å². The zero-order chi connectivity index (χ0) is 13.8. The van der Waals surface area contributed by atoms with Gasteiger partial charge >= 0.3 is 0 Å². The van der Waals surface area contributed by atoms with Gasteiger partial charge in [-0.25, -0.2) is 0 Å². The second-order valence-corrected chi connectivity index (χ2v) is 7.14. The number of benzene rings is 1. The Morgan fingerprint density at radius 2 is 2.00 bits per heavy atom. The van der Waals surface area contributed by atoms with Crippen LogP contribution in [0.3, 0.4) is 0 Å². The molecule has 4 heteroatoms. The predicted molar refractivity (Wildman–Crippen MR) is 87.6 cm³/mol. The molecule has 0 aliphatic heterocycles. The van der Waals surface area contributed by atoms with Crippen LogP contribution in [-0.4, -0.2) is 17.5 Å². The molecule has 1 nitrogen and oxygen atoms in total. The van der Waals surface area contributed by atoms with E-state index in [0.29, 0.717) is 11.3 Å². The minimum atomic E-state index is 0.240. The maximum Gasteiger partial charge on any atom is 0.0454 e. The molecule has 1 aromatic rings. The largest absolute Gasteiger partial charge is 0.306 e. The third-order valence-corrected chi connectivity index (χ3v) is 5.64. The van der Waals surface area contributed by atoms with E-state index in [0.717, 1.165) is 15.6 Å². The molecule has 1 N–H and O–H groups in total. The van der Waals surface area contributed by atoms with Crippen molar-refractivity contribution in [1.29, 1.82) is 0 Å². The second-order valence-electron chi connectivity index (χ2n) is 5.22. The lowest BCUT2D eigenvalue weighted by Gasteiger charge is -2.33. The standard InChI is InChI=1S/C15H21Cl2NS/c1-10(12-9-11(16)7-8-13(12)17)18-14-5-3-4-6-15(14)19-2/h7-10,14-15,18H,3-6H2,1-2H3. The fraction of sp³-hybridized carbons (Fsp3) is 0.600. The minimum Gasteiger partial charge on any atom is -0.306 e. The molecule has 1 saturated carbocycles. The van der Waals surface area contributed by atoms with Crippen LogP contribution >= 0.6 is 35.0 Å². The van der Waals surface area contributed by atoms with Gasteiger partial charge in [0.25, 0.3) is 0 Å². The number of thioether (sulfide) groups is 1. The van der Waals surface area contributed by atoms with E-state index in [9.17, 15) is 0 Å². The third kappa shape index (κ3) is 4.04. The summed E-state index contributed by atoms with van der Waals surface area (Å²) in [6.45, 7) is 2.17. The van der Waals surface area contributed by atoms with Crippen LogP contribution in [0.25, 0.3) is 0 Å². The smallest absolute Gasteiger partial charge is 0.0454 e. The Balaban J connectivity index is 2.07. The van der Waals surface area contributed by atoms with Crippen molar-refractivity contribution in [3.05, 3.63) is 33.8 Å². The zero-order valence-corrected chi connectivity index (χ0v) is 13.8. The quantitative estimate of drug-likeness (QED) is 0.806. The van der Waals surface area contributed by atoms with Gasteiger partial charge in [-0.2, -0.15) is 11.8 Å². The van der Waals surface area contributed by atoms with Crippen molar-refractivity contribution in [3.63, 3.8) is 0 Å². The van der Waals surface area contributed by atoms with Gasteiger partial charge < -0.3 is 5.32 Å². The van der Waals surface area contributed by atoms with Crippen molar-refractivity contribution < 1.29 is 0 Å². The monoisotopic (exact) mass is 317 g/mol. The third-order valence-electron chi connectivity index (χ3n) is 3.89. The molecule has 1 aromatic carbocycles. The van der Waals surface area contributed by atoms with E-state index in [1.165, 1.54) is 25.7 Å². The van der Waals surface area contributed by atoms with Gasteiger partial charge in [0.15, 0.2) is 0 Å². The summed E-state index contributed by atoms with van der Waals surface area (Å²) < 4.78 is 0. The van der Waals surface area contributed by atoms with Crippen LogP contribution in [0.1, 0.15) is 44.2 Å². The fourth-order valence-electron chi connectivity index (χ4n) is 2.83. The van der Waals surface area contributed by atoms with Crippen molar-refractivity contribution in [1.82, 2.24) is 5.32 Å². The highest BCUT2D eigenvalue weighted by Gasteiger charge is 2.26. The Bertz CT molecular complexity index is 425. The predicted octanol–water partition coefficient (Wildman–Crippen LogP) is 5.32. The molecule has 1 aliphatic rings. The van der Waals surface area contributed by atoms with E-state index in [2.05, 4.69) is 18.5 Å². The van der Waals surface area contributed by atoms with Gasteiger partial charge in [0.05, 0.1) is 0 Å². The van der Waals surface area contributed by atoms with E-state index >= 15 is 0 Å². The lowest BCUT2D eigenvalue weighted by Crippen LogP contribution is -2.41. The molecular formula is C15H21Cl2NS. The normalized spacial score (nSPS) is 25.3. The Morgan fingerprint density at radius 3 is 2.74 bits per heavy atom. The summed E-state index contributed by atoms with van der Waals surface area (Å²) in [6, 6.07) is 6.51. The topological polar surface area (TPSA) is 12.0 Å². The van der Waals surface area contributed by atoms with Crippen molar-refractivity contribution in [2.45, 2.75) is 49.9 Å². The zero-order valence-electron chi connectivity index (χ0n) is 11.5. The average molecular weight is 318 g/mol. The highest BCUT2D eigenvalue weighted by atomic mass is 35.5. The maximum absolute atomic E-state index is 6.28. The number of nitrogens with one attached hydrogen (secondary N) is 1. The van der Waals surface area contributed by atoms with Crippen molar-refractivity contribution >= 4 is 35.0 Å². The van der Waals surface area contributed by atoms with Crippen LogP contribution in [0.15, 0.2) is 18.2 Å². The SMILES string of the molecule is CSC1CCCCC1NC(C)c1cc(Cl)ccc1Cl. The van der Waals surface area contributed by atoms with Crippen LogP contribution in [0.2, 0.25) is 10.0 Å². The summed E-state index contributed by atoms with van der Waals surface area (Å²) in [6.07, 6.45) is 7.46. The summed E-state index contributed by atoms with van der Waals surface area (Å²) >= 11 is 14.3. The molecule has 0 spiro atoms. The summed E-state index contributed by atoms with van der Waals surface area (Å²) in [7, 11) is 0. The number of hydrogen-bond acceptors (Lipinski definition) is 2. The van der Waals surface area contributed by atoms with Gasteiger partial charge in [0, 0.05) is 27.4 Å². The molecule has 0 bridgehead atoms. The first-order valence-electron chi connectivity index (χ1n) is 6.85. The Morgan fingerprint density at radius 1 is 1.26 bits per heavy atom. The molecule has 3 atom stereocenters. The molecule has 0 amide bonds. The molecule has 3 unspecified atom stereocenters. The Labute approximate surface area is 130 Å². The van der Waals surface area contributed by atoms with Crippen LogP contribution in [0, 0.1) is 0 Å². The van der Waals surface area contributed by atoms with E-state index < -0.39 is 0 Å². The van der Waals surface area contributed by atoms with Crippen LogP contribution in [0.5, 0.6) is 0 Å². The molecule has 2 rings (SSSR count). The molecule has 0 heterocycles. The van der Waals surface area contributed by atoms with Crippen molar-refractivity contribution in [2.75, 3.05) is 6.26 Å². The Kier molecular flexibility index (Phi) is 5.88. The molecule has 1 fully saturated rings. The minimum absolute atomic E-state index is 0.240. The summed E-state index contributed by atoms with van der Waals surface area (Å²) in [5, 5.41) is 6.00. The second kappa shape index (κ2) is 7.21. The van der Waals surface area contributed by atoms with Crippen LogP contribution in [-0.2, 0) is 0 Å². The van der Waals surface area contributed by atoms with Crippen LogP contribution < -0.4 is 5.32 Å². The first kappa shape index (κ1) is 15.5. The first-order valence-corrected chi connectivity index (χ1v) is 8.90. The summed E-state index contributed by atoms with van der Waals surface area (Å²) in [5.74, 6) is 0. The molecule has 19 heavy (non-hydrogen) atoms. The molecule has 0 aromatic heterocycles. The van der Waals surface area contributed by atoms with E-state index in [4.69, 9.17) is 23.2 Å². The maximum atomic E-state index is 6.28. The number of rotatable bonds is 4. The number of hydrogen-bond donors (Lipinski definition) is 1. The number of halogens is 2. The molecule has 0 radical (unpaired) electrons. The highest BCUT2D eigenvalue weighted by Crippen LogP contribution is 2.31. The van der Waals surface area contributed by atoms with Gasteiger partial charge in [-0.1, -0.05) is 36.0 Å². The van der Waals surface area contributed by atoms with E-state index in [-0.39, 0.29) is 6.04 Å². The lowest BCUT2D eigenvalue weighted by atomic mass is 9.93. The molecule has 0 saturated heterocycles. The fourth-order valence-corrected chi connectivity index (χ4v) is 4.23. The van der Waals surface area contributed by atoms with E-state index in [1.807, 2.05) is 30.0 Å². The summed E-state index contributed by atoms with van der Waals surface area (Å²) in [5.41, 5.74) is 1.10. The molecule has 1 aliphatic carbocycles. The molecule has 106 valence electrons. The summed E-state index contributed by atoms with van der Waals surface area (Å²) in [4.78, 5) is 0. The van der Waals surface area contributed by atoms with Crippen molar-refractivity contribution in [2.24, 2.45) is 0 Å². The van der Waals surface area contributed by atoms with Gasteiger partial charge in [-0.3, -0.25) is 0 Å². The average Bonchev–Trinajstić information content (AvgIpc) is 2.42. The van der Waals surface area contributed by atoms with Crippen molar-refractivity contribution in [3.8, 4) is 0 Å². The lowest BCUT2D eigenvalue weighted by molar-refractivity contribution is 0.356. The van der Waals surface area contributed by atoms with Gasteiger partial charge in [0.1, 0.15) is 0 Å². The highest BCUT2D eigenvalue weighted by molar-refractivity contribution is 7.99. The van der Waals surface area contributed by atoms with Gasteiger partial charge in [0.2, 0.25) is 0 Å². The first-order chi connectivity index (χ1) is 9.11. The van der Waals surface area contributed by atoms with Gasteiger partial charge in [-0.15, -0.1) is 0 Å². The Hall–Kier alpha value is 0.110. The van der Waals surface area contributed by atoms with Crippen LogP contribution in [0.4, 0.5) is 0 Å². The molecular weight excluding hydrogens is 297 g/mol.